The number of benzene rings is 3. The second kappa shape index (κ2) is 7.40. The van der Waals surface area contributed by atoms with Gasteiger partial charge in [0.05, 0.1) is 29.3 Å². The number of halogens is 2. The van der Waals surface area contributed by atoms with Gasteiger partial charge >= 0.3 is 5.97 Å². The summed E-state index contributed by atoms with van der Waals surface area (Å²) >= 11 is 0. The Morgan fingerprint density at radius 1 is 0.967 bits per heavy atom. The number of amides is 1. The van der Waals surface area contributed by atoms with Crippen LogP contribution in [0.2, 0.25) is 0 Å². The maximum atomic E-state index is 14.2. The van der Waals surface area contributed by atoms with Crippen molar-refractivity contribution in [2.45, 2.75) is 0 Å². The van der Waals surface area contributed by atoms with Gasteiger partial charge in [0.15, 0.2) is 5.43 Å². The highest BCUT2D eigenvalue weighted by Crippen LogP contribution is 2.23. The van der Waals surface area contributed by atoms with Gasteiger partial charge in [-0.05, 0) is 48.5 Å². The average molecular weight is 408 g/mol. The molecule has 30 heavy (non-hydrogen) atoms. The maximum absolute atomic E-state index is 14.2. The van der Waals surface area contributed by atoms with E-state index in [1.54, 1.807) is 0 Å². The minimum Gasteiger partial charge on any atom is -0.465 e. The Hall–Kier alpha value is -4.07. The highest BCUT2D eigenvalue weighted by molar-refractivity contribution is 6.13. The van der Waals surface area contributed by atoms with E-state index in [-0.39, 0.29) is 32.9 Å². The number of aromatic nitrogens is 1. The van der Waals surface area contributed by atoms with Crippen molar-refractivity contribution in [2.24, 2.45) is 0 Å². The summed E-state index contributed by atoms with van der Waals surface area (Å²) in [6, 6.07) is 11.8. The second-order valence-corrected chi connectivity index (χ2v) is 6.52. The highest BCUT2D eigenvalue weighted by atomic mass is 19.1. The lowest BCUT2D eigenvalue weighted by Crippen LogP contribution is -2.16. The zero-order valence-corrected chi connectivity index (χ0v) is 15.6. The predicted octanol–water partition coefficient (Wildman–Crippen LogP) is 4.00. The Morgan fingerprint density at radius 3 is 2.40 bits per heavy atom. The van der Waals surface area contributed by atoms with E-state index >= 15 is 0 Å². The number of H-pyrrole nitrogens is 1. The molecule has 0 unspecified atom stereocenters. The number of anilines is 1. The van der Waals surface area contributed by atoms with Crippen LogP contribution in [0.4, 0.5) is 14.5 Å². The van der Waals surface area contributed by atoms with Crippen LogP contribution in [0.3, 0.4) is 0 Å². The van der Waals surface area contributed by atoms with Crippen LogP contribution in [0, 0.1) is 11.6 Å². The van der Waals surface area contributed by atoms with Crippen LogP contribution in [0.25, 0.3) is 21.8 Å². The number of esters is 1. The molecule has 8 heteroatoms. The van der Waals surface area contributed by atoms with E-state index in [0.717, 1.165) is 12.1 Å². The van der Waals surface area contributed by atoms with Gasteiger partial charge < -0.3 is 15.0 Å². The van der Waals surface area contributed by atoms with Crippen LogP contribution in [0.5, 0.6) is 0 Å². The largest absolute Gasteiger partial charge is 0.465 e. The molecule has 1 heterocycles. The quantitative estimate of drug-likeness (QED) is 0.396. The van der Waals surface area contributed by atoms with E-state index in [0.29, 0.717) is 5.69 Å². The molecule has 1 aromatic heterocycles. The standard InChI is InChI=1S/C22H14F2N2O4/c1-30-22(29)11-5-7-13(8-6-11)25-21(28)16-10-12(23)9-15-18(16)26-19-14(20(15)27)3-2-4-17(19)24/h2-10H,1H3,(H,25,28)(H,26,27). The lowest BCUT2D eigenvalue weighted by Gasteiger charge is -2.10. The molecule has 0 fully saturated rings. The van der Waals surface area contributed by atoms with Gasteiger partial charge in [0.1, 0.15) is 11.6 Å². The Bertz CT molecular complexity index is 1380. The van der Waals surface area contributed by atoms with Crippen molar-refractivity contribution in [3.63, 3.8) is 0 Å². The summed E-state index contributed by atoms with van der Waals surface area (Å²) in [7, 11) is 1.25. The zero-order valence-electron chi connectivity index (χ0n) is 15.6. The SMILES string of the molecule is COC(=O)c1ccc(NC(=O)c2cc(F)cc3c(=O)c4cccc(F)c4[nH]c23)cc1. The molecule has 0 saturated heterocycles. The van der Waals surface area contributed by atoms with Gasteiger partial charge in [-0.1, -0.05) is 6.07 Å². The molecule has 2 N–H and O–H groups in total. The van der Waals surface area contributed by atoms with Crippen molar-refractivity contribution in [1.82, 2.24) is 4.98 Å². The molecule has 0 aliphatic heterocycles. The van der Waals surface area contributed by atoms with Gasteiger partial charge in [0.2, 0.25) is 0 Å². The molecule has 1 amide bonds. The third kappa shape index (κ3) is 3.28. The fraction of sp³-hybridized carbons (Fsp3) is 0.0455. The normalized spacial score (nSPS) is 10.9. The Kier molecular flexibility index (Phi) is 4.75. The number of hydrogen-bond acceptors (Lipinski definition) is 4. The molecule has 150 valence electrons. The van der Waals surface area contributed by atoms with Crippen LogP contribution in [-0.2, 0) is 4.74 Å². The van der Waals surface area contributed by atoms with Gasteiger partial charge in [-0.2, -0.15) is 0 Å². The molecule has 0 saturated carbocycles. The topological polar surface area (TPSA) is 88.3 Å². The molecule has 0 atom stereocenters. The third-order valence-corrected chi connectivity index (χ3v) is 4.66. The monoisotopic (exact) mass is 408 g/mol. The molecular formula is C22H14F2N2O4. The summed E-state index contributed by atoms with van der Waals surface area (Å²) in [6.07, 6.45) is 0. The molecule has 4 aromatic rings. The molecule has 0 bridgehead atoms. The van der Waals surface area contributed by atoms with Crippen molar-refractivity contribution < 1.29 is 23.1 Å². The van der Waals surface area contributed by atoms with Crippen LogP contribution < -0.4 is 10.7 Å². The fourth-order valence-corrected chi connectivity index (χ4v) is 3.22. The number of para-hydroxylation sites is 1. The first-order valence-electron chi connectivity index (χ1n) is 8.82. The number of aromatic amines is 1. The molecular weight excluding hydrogens is 394 g/mol. The van der Waals surface area contributed by atoms with E-state index in [9.17, 15) is 23.2 Å². The van der Waals surface area contributed by atoms with Crippen LogP contribution >= 0.6 is 0 Å². The smallest absolute Gasteiger partial charge is 0.337 e. The molecule has 6 nitrogen and oxygen atoms in total. The first kappa shape index (κ1) is 19.3. The van der Waals surface area contributed by atoms with Crippen LogP contribution in [0.1, 0.15) is 20.7 Å². The molecule has 0 spiro atoms. The lowest BCUT2D eigenvalue weighted by molar-refractivity contribution is 0.0600. The number of fused-ring (bicyclic) bond motifs is 2. The van der Waals surface area contributed by atoms with E-state index in [1.807, 2.05) is 0 Å². The number of carbonyl (C=O) groups excluding carboxylic acids is 2. The van der Waals surface area contributed by atoms with E-state index in [1.165, 1.54) is 49.6 Å². The van der Waals surface area contributed by atoms with Crippen molar-refractivity contribution >= 4 is 39.4 Å². The first-order valence-corrected chi connectivity index (χ1v) is 8.82. The zero-order chi connectivity index (χ0) is 21.4. The third-order valence-electron chi connectivity index (χ3n) is 4.66. The van der Waals surface area contributed by atoms with Gasteiger partial charge in [-0.25, -0.2) is 13.6 Å². The molecule has 0 aliphatic rings. The Balaban J connectivity index is 1.81. The van der Waals surface area contributed by atoms with Crippen molar-refractivity contribution in [3.8, 4) is 0 Å². The molecule has 0 aliphatic carbocycles. The van der Waals surface area contributed by atoms with Crippen LogP contribution in [-0.4, -0.2) is 24.0 Å². The number of ether oxygens (including phenoxy) is 1. The molecule has 0 radical (unpaired) electrons. The van der Waals surface area contributed by atoms with E-state index in [4.69, 9.17) is 0 Å². The van der Waals surface area contributed by atoms with E-state index < -0.39 is 28.9 Å². The summed E-state index contributed by atoms with van der Waals surface area (Å²) in [5, 5.41) is 2.55. The first-order chi connectivity index (χ1) is 14.4. The summed E-state index contributed by atoms with van der Waals surface area (Å²) in [6.45, 7) is 0. The summed E-state index contributed by atoms with van der Waals surface area (Å²) in [5.41, 5.74) is -0.184. The molecule has 3 aromatic carbocycles. The predicted molar refractivity (Wildman–Crippen MR) is 108 cm³/mol. The second-order valence-electron chi connectivity index (χ2n) is 6.52. The number of carbonyl (C=O) groups is 2. The number of pyridine rings is 1. The Morgan fingerprint density at radius 2 is 1.70 bits per heavy atom. The Labute approximate surface area is 168 Å². The minimum absolute atomic E-state index is 0.0164. The number of nitrogens with one attached hydrogen (secondary N) is 2. The number of rotatable bonds is 3. The highest BCUT2D eigenvalue weighted by Gasteiger charge is 2.18. The summed E-state index contributed by atoms with van der Waals surface area (Å²) < 4.78 is 33.0. The maximum Gasteiger partial charge on any atom is 0.337 e. The van der Waals surface area contributed by atoms with Gasteiger partial charge in [-0.3, -0.25) is 9.59 Å². The van der Waals surface area contributed by atoms with Crippen molar-refractivity contribution in [1.29, 1.82) is 0 Å². The fourth-order valence-electron chi connectivity index (χ4n) is 3.22. The van der Waals surface area contributed by atoms with Crippen molar-refractivity contribution in [3.05, 3.63) is 87.6 Å². The average Bonchev–Trinajstić information content (AvgIpc) is 2.74. The lowest BCUT2D eigenvalue weighted by atomic mass is 10.0. The van der Waals surface area contributed by atoms with Gasteiger partial charge in [-0.15, -0.1) is 0 Å². The van der Waals surface area contributed by atoms with E-state index in [2.05, 4.69) is 15.0 Å². The summed E-state index contributed by atoms with van der Waals surface area (Å²) in [5.74, 6) is -2.69. The van der Waals surface area contributed by atoms with Crippen molar-refractivity contribution in [2.75, 3.05) is 12.4 Å². The summed E-state index contributed by atoms with van der Waals surface area (Å²) in [4.78, 5) is 39.8. The minimum atomic E-state index is -0.782. The number of methoxy groups -OCH3 is 1. The number of hydrogen-bond donors (Lipinski definition) is 2. The van der Waals surface area contributed by atoms with Crippen LogP contribution in [0.15, 0.2) is 59.4 Å². The van der Waals surface area contributed by atoms with Gasteiger partial charge in [0.25, 0.3) is 5.91 Å². The molecule has 4 rings (SSSR count). The van der Waals surface area contributed by atoms with Gasteiger partial charge in [0, 0.05) is 16.5 Å².